The molecule has 0 unspecified atom stereocenters. The van der Waals surface area contributed by atoms with Gasteiger partial charge in [0.1, 0.15) is 0 Å². The Morgan fingerprint density at radius 3 is 1.80 bits per heavy atom. The van der Waals surface area contributed by atoms with Gasteiger partial charge in [-0.2, -0.15) is 0 Å². The van der Waals surface area contributed by atoms with Gasteiger partial charge in [-0.15, -0.1) is 0 Å². The van der Waals surface area contributed by atoms with Gasteiger partial charge in [-0.3, -0.25) is 0 Å². The second-order valence-corrected chi connectivity index (χ2v) is 4.40. The van der Waals surface area contributed by atoms with Gasteiger partial charge in [-0.1, -0.05) is 33.1 Å². The zero-order valence-electron chi connectivity index (χ0n) is 10.8. The van der Waals surface area contributed by atoms with Crippen LogP contribution in [0.15, 0.2) is 0 Å². The van der Waals surface area contributed by atoms with Crippen LogP contribution >= 0.6 is 0 Å². The van der Waals surface area contributed by atoms with Gasteiger partial charge in [0.2, 0.25) is 0 Å². The SMILES string of the molecule is CCCN(CCC)CCCCCCCN. The van der Waals surface area contributed by atoms with E-state index in [1.807, 2.05) is 0 Å². The Hall–Kier alpha value is -0.0800. The van der Waals surface area contributed by atoms with E-state index in [0.717, 1.165) is 6.54 Å². The van der Waals surface area contributed by atoms with E-state index in [9.17, 15) is 0 Å². The van der Waals surface area contributed by atoms with Crippen LogP contribution in [-0.2, 0) is 0 Å². The Morgan fingerprint density at radius 1 is 0.733 bits per heavy atom. The van der Waals surface area contributed by atoms with Crippen molar-refractivity contribution in [3.05, 3.63) is 0 Å². The lowest BCUT2D eigenvalue weighted by Crippen LogP contribution is -2.26. The molecule has 92 valence electrons. The standard InChI is InChI=1S/C13H30N2/c1-3-11-15(12-4-2)13-9-7-5-6-8-10-14/h3-14H2,1-2H3. The molecule has 0 aromatic carbocycles. The smallest absolute Gasteiger partial charge is 0.00187 e. The van der Waals surface area contributed by atoms with E-state index in [1.165, 1.54) is 64.6 Å². The summed E-state index contributed by atoms with van der Waals surface area (Å²) in [6.07, 6.45) is 9.20. The molecule has 0 heterocycles. The molecule has 0 fully saturated rings. The maximum absolute atomic E-state index is 5.46. The first-order chi connectivity index (χ1) is 7.35. The Morgan fingerprint density at radius 2 is 1.27 bits per heavy atom. The van der Waals surface area contributed by atoms with Crippen LogP contribution in [0.2, 0.25) is 0 Å². The largest absolute Gasteiger partial charge is 0.330 e. The Kier molecular flexibility index (Phi) is 11.9. The van der Waals surface area contributed by atoms with Gasteiger partial charge in [-0.05, 0) is 51.9 Å². The third kappa shape index (κ3) is 10.2. The summed E-state index contributed by atoms with van der Waals surface area (Å²) in [7, 11) is 0. The second-order valence-electron chi connectivity index (χ2n) is 4.40. The van der Waals surface area contributed by atoms with Crippen LogP contribution in [0.4, 0.5) is 0 Å². The molecule has 0 atom stereocenters. The topological polar surface area (TPSA) is 29.3 Å². The molecule has 0 saturated heterocycles. The molecule has 0 spiro atoms. The van der Waals surface area contributed by atoms with Gasteiger partial charge in [0.15, 0.2) is 0 Å². The highest BCUT2D eigenvalue weighted by molar-refractivity contribution is 4.56. The fourth-order valence-electron chi connectivity index (χ4n) is 1.98. The molecule has 0 rings (SSSR count). The van der Waals surface area contributed by atoms with Crippen molar-refractivity contribution in [2.45, 2.75) is 58.8 Å². The quantitative estimate of drug-likeness (QED) is 0.536. The number of rotatable bonds is 11. The van der Waals surface area contributed by atoms with Gasteiger partial charge in [0.05, 0.1) is 0 Å². The zero-order chi connectivity index (χ0) is 11.4. The highest BCUT2D eigenvalue weighted by Crippen LogP contribution is 2.04. The molecule has 0 aromatic rings. The number of hydrogen-bond donors (Lipinski definition) is 1. The predicted octanol–water partition coefficient (Wildman–Crippen LogP) is 3.02. The lowest BCUT2D eigenvalue weighted by atomic mass is 10.1. The van der Waals surface area contributed by atoms with E-state index >= 15 is 0 Å². The summed E-state index contributed by atoms with van der Waals surface area (Å²) in [6.45, 7) is 9.24. The highest BCUT2D eigenvalue weighted by atomic mass is 15.1. The van der Waals surface area contributed by atoms with E-state index in [0.29, 0.717) is 0 Å². The molecule has 2 nitrogen and oxygen atoms in total. The third-order valence-electron chi connectivity index (χ3n) is 2.76. The molecule has 0 bridgehead atoms. The molecule has 2 heteroatoms. The van der Waals surface area contributed by atoms with Crippen molar-refractivity contribution in [2.24, 2.45) is 5.73 Å². The minimum Gasteiger partial charge on any atom is -0.330 e. The van der Waals surface area contributed by atoms with Crippen molar-refractivity contribution in [1.29, 1.82) is 0 Å². The first-order valence-electron chi connectivity index (χ1n) is 6.77. The summed E-state index contributed by atoms with van der Waals surface area (Å²) >= 11 is 0. The van der Waals surface area contributed by atoms with Crippen LogP contribution in [-0.4, -0.2) is 31.1 Å². The monoisotopic (exact) mass is 214 g/mol. The fourth-order valence-corrected chi connectivity index (χ4v) is 1.98. The number of nitrogens with two attached hydrogens (primary N) is 1. The third-order valence-corrected chi connectivity index (χ3v) is 2.76. The van der Waals surface area contributed by atoms with E-state index in [-0.39, 0.29) is 0 Å². The maximum atomic E-state index is 5.46. The van der Waals surface area contributed by atoms with Crippen molar-refractivity contribution >= 4 is 0 Å². The average Bonchev–Trinajstić information content (AvgIpc) is 2.24. The molecule has 0 aliphatic carbocycles. The first kappa shape index (κ1) is 14.9. The zero-order valence-corrected chi connectivity index (χ0v) is 10.8. The Bertz CT molecular complexity index is 109. The molecule has 0 aliphatic heterocycles. The summed E-state index contributed by atoms with van der Waals surface area (Å²) in [5.74, 6) is 0. The lowest BCUT2D eigenvalue weighted by molar-refractivity contribution is 0.268. The normalized spacial score (nSPS) is 11.2. The van der Waals surface area contributed by atoms with Crippen LogP contribution in [0.25, 0.3) is 0 Å². The molecule has 15 heavy (non-hydrogen) atoms. The number of nitrogens with zero attached hydrogens (tertiary/aromatic N) is 1. The summed E-state index contributed by atoms with van der Waals surface area (Å²) in [6, 6.07) is 0. The molecule has 0 aromatic heterocycles. The molecular weight excluding hydrogens is 184 g/mol. The average molecular weight is 214 g/mol. The fraction of sp³-hybridized carbons (Fsp3) is 1.00. The number of hydrogen-bond acceptors (Lipinski definition) is 2. The van der Waals surface area contributed by atoms with Gasteiger partial charge in [-0.25, -0.2) is 0 Å². The highest BCUT2D eigenvalue weighted by Gasteiger charge is 2.01. The van der Waals surface area contributed by atoms with Crippen molar-refractivity contribution in [1.82, 2.24) is 4.90 Å². The van der Waals surface area contributed by atoms with E-state index in [1.54, 1.807) is 0 Å². The van der Waals surface area contributed by atoms with E-state index in [2.05, 4.69) is 18.7 Å². The van der Waals surface area contributed by atoms with E-state index in [4.69, 9.17) is 5.73 Å². The van der Waals surface area contributed by atoms with Crippen molar-refractivity contribution in [3.63, 3.8) is 0 Å². The summed E-state index contributed by atoms with van der Waals surface area (Å²) < 4.78 is 0. The molecule has 0 saturated carbocycles. The van der Waals surface area contributed by atoms with Crippen LogP contribution in [0.5, 0.6) is 0 Å². The number of unbranched alkanes of at least 4 members (excludes halogenated alkanes) is 4. The van der Waals surface area contributed by atoms with Gasteiger partial charge in [0, 0.05) is 0 Å². The Balaban J connectivity index is 3.28. The van der Waals surface area contributed by atoms with Crippen molar-refractivity contribution in [3.8, 4) is 0 Å². The summed E-state index contributed by atoms with van der Waals surface area (Å²) in [4.78, 5) is 2.60. The van der Waals surface area contributed by atoms with Crippen LogP contribution in [0.1, 0.15) is 58.8 Å². The molecule has 0 radical (unpaired) electrons. The minimum atomic E-state index is 0.859. The molecule has 2 N–H and O–H groups in total. The van der Waals surface area contributed by atoms with Gasteiger partial charge in [0.25, 0.3) is 0 Å². The first-order valence-corrected chi connectivity index (χ1v) is 6.77. The molecule has 0 aliphatic rings. The predicted molar refractivity (Wildman–Crippen MR) is 69.2 cm³/mol. The van der Waals surface area contributed by atoms with Crippen LogP contribution < -0.4 is 5.73 Å². The lowest BCUT2D eigenvalue weighted by Gasteiger charge is -2.20. The van der Waals surface area contributed by atoms with Crippen molar-refractivity contribution < 1.29 is 0 Å². The van der Waals surface area contributed by atoms with Gasteiger partial charge < -0.3 is 10.6 Å². The second kappa shape index (κ2) is 12.0. The molecule has 0 amide bonds. The maximum Gasteiger partial charge on any atom is -0.00187 e. The van der Waals surface area contributed by atoms with Gasteiger partial charge >= 0.3 is 0 Å². The molecular formula is C13H30N2. The Labute approximate surface area is 96.2 Å². The summed E-state index contributed by atoms with van der Waals surface area (Å²) in [5.41, 5.74) is 5.46. The van der Waals surface area contributed by atoms with Crippen LogP contribution in [0.3, 0.4) is 0 Å². The minimum absolute atomic E-state index is 0.859. The van der Waals surface area contributed by atoms with Crippen molar-refractivity contribution in [2.75, 3.05) is 26.2 Å². The van der Waals surface area contributed by atoms with Crippen LogP contribution in [0, 0.1) is 0 Å². The van der Waals surface area contributed by atoms with E-state index < -0.39 is 0 Å². The summed E-state index contributed by atoms with van der Waals surface area (Å²) in [5, 5.41) is 0.